The van der Waals surface area contributed by atoms with Gasteiger partial charge in [-0.05, 0) is 70.3 Å². The number of amides is 1. The molecule has 0 aliphatic carbocycles. The van der Waals surface area contributed by atoms with Crippen molar-refractivity contribution in [1.29, 1.82) is 0 Å². The van der Waals surface area contributed by atoms with E-state index >= 15 is 0 Å². The van der Waals surface area contributed by atoms with E-state index in [4.69, 9.17) is 13.8 Å². The molecule has 0 radical (unpaired) electrons. The Morgan fingerprint density at radius 2 is 0.813 bits per heavy atom. The lowest BCUT2D eigenvalue weighted by atomic mass is 10.0. The molecule has 0 fully saturated rings. The van der Waals surface area contributed by atoms with Crippen LogP contribution in [-0.4, -0.2) is 69.4 Å². The van der Waals surface area contributed by atoms with Crippen molar-refractivity contribution in [2.75, 3.05) is 40.9 Å². The Kier molecular flexibility index (Phi) is 53.8. The lowest BCUT2D eigenvalue weighted by Crippen LogP contribution is -2.47. The average molecular weight is 1080 g/mol. The lowest BCUT2D eigenvalue weighted by Gasteiger charge is -2.30. The van der Waals surface area contributed by atoms with Crippen LogP contribution < -0.4 is 10.2 Å². The fourth-order valence-electron chi connectivity index (χ4n) is 9.29. The lowest BCUT2D eigenvalue weighted by molar-refractivity contribution is -0.870. The van der Waals surface area contributed by atoms with Gasteiger partial charge in [-0.25, -0.2) is 0 Å². The average Bonchev–Trinajstić information content (AvgIpc) is 3.37. The number of phosphoric ester groups is 1. The highest BCUT2D eigenvalue weighted by Gasteiger charge is 2.27. The number of hydrogen-bond acceptors (Lipinski definition) is 7. The fraction of sp³-hybridized carbons (Fsp3) is 0.846. The highest BCUT2D eigenvalue weighted by molar-refractivity contribution is 7.45. The molecule has 0 rings (SSSR count). The summed E-state index contributed by atoms with van der Waals surface area (Å²) in [6.45, 7) is 6.83. The zero-order valence-corrected chi connectivity index (χ0v) is 51.2. The molecule has 10 heteroatoms. The van der Waals surface area contributed by atoms with E-state index in [-0.39, 0.29) is 31.5 Å². The first-order chi connectivity index (χ1) is 36.4. The number of rotatable bonds is 58. The van der Waals surface area contributed by atoms with Gasteiger partial charge in [0.05, 0.1) is 33.8 Å². The number of likely N-dealkylation sites (N-methyl/N-ethyl adjacent to an activating group) is 1. The van der Waals surface area contributed by atoms with Crippen LogP contribution in [0.1, 0.15) is 303 Å². The second-order valence-electron chi connectivity index (χ2n) is 22.9. The number of hydrogen-bond donors (Lipinski definition) is 1. The molecule has 0 aliphatic rings. The van der Waals surface area contributed by atoms with Crippen molar-refractivity contribution < 1.29 is 37.3 Å². The van der Waals surface area contributed by atoms with Gasteiger partial charge in [-0.2, -0.15) is 0 Å². The number of carbonyl (C=O) groups is 2. The number of nitrogens with zero attached hydrogens (tertiary/aromatic N) is 1. The van der Waals surface area contributed by atoms with Crippen molar-refractivity contribution in [3.63, 3.8) is 0 Å². The minimum atomic E-state index is -4.69. The standard InChI is InChI=1S/C65H123N2O7P/c1-7-10-13-16-19-22-25-27-28-29-30-31-32-33-34-35-36-37-38-40-43-46-49-52-55-58-65(69)74-63(56-53-50-47-44-42-39-26-23-20-17-14-11-8-2)62(61-73-75(70,71)72-60-59-67(4,5)6)66-64(68)57-54-51-48-45-41-24-21-18-15-12-9-3/h19,22,27-28,30-31,53,56,62-63H,7-18,20-21,23-26,29,32-52,54-55,57-61H2,1-6H3,(H-,66,68,70,71)/b22-19-,28-27-,31-30-,56-53-. The summed E-state index contributed by atoms with van der Waals surface area (Å²) >= 11 is 0. The number of esters is 1. The smallest absolute Gasteiger partial charge is 0.306 e. The molecule has 1 N–H and O–H groups in total. The predicted octanol–water partition coefficient (Wildman–Crippen LogP) is 19.0. The zero-order chi connectivity index (χ0) is 55.0. The molecule has 0 bridgehead atoms. The predicted molar refractivity (Wildman–Crippen MR) is 321 cm³/mol. The van der Waals surface area contributed by atoms with Gasteiger partial charge in [0, 0.05) is 12.8 Å². The second-order valence-corrected chi connectivity index (χ2v) is 24.3. The van der Waals surface area contributed by atoms with Gasteiger partial charge in [-0.15, -0.1) is 0 Å². The monoisotopic (exact) mass is 1070 g/mol. The third-order valence-corrected chi connectivity index (χ3v) is 15.2. The molecule has 75 heavy (non-hydrogen) atoms. The molecule has 1 amide bonds. The molecule has 0 aromatic rings. The first-order valence-electron chi connectivity index (χ1n) is 31.9. The summed E-state index contributed by atoms with van der Waals surface area (Å²) in [6, 6.07) is -0.885. The van der Waals surface area contributed by atoms with Crippen LogP contribution in [0.25, 0.3) is 0 Å². The summed E-state index contributed by atoms with van der Waals surface area (Å²) in [5, 5.41) is 3.03. The maximum Gasteiger partial charge on any atom is 0.306 e. The maximum absolute atomic E-state index is 13.5. The molecular formula is C65H123N2O7P. The summed E-state index contributed by atoms with van der Waals surface area (Å²) in [6.07, 6.45) is 67.9. The Hall–Kier alpha value is -2.03. The molecule has 9 nitrogen and oxygen atoms in total. The summed E-state index contributed by atoms with van der Waals surface area (Å²) in [5.41, 5.74) is 0. The number of quaternary nitrogens is 1. The first kappa shape index (κ1) is 73.0. The van der Waals surface area contributed by atoms with Crippen LogP contribution in [0.4, 0.5) is 0 Å². The number of carbonyl (C=O) groups excluding carboxylic acids is 2. The van der Waals surface area contributed by atoms with Crippen LogP contribution in [0.5, 0.6) is 0 Å². The van der Waals surface area contributed by atoms with E-state index in [0.717, 1.165) is 70.6 Å². The number of ether oxygens (including phenoxy) is 1. The van der Waals surface area contributed by atoms with Crippen molar-refractivity contribution >= 4 is 19.7 Å². The van der Waals surface area contributed by atoms with Gasteiger partial charge >= 0.3 is 5.97 Å². The molecular weight excluding hydrogens is 952 g/mol. The van der Waals surface area contributed by atoms with Crippen LogP contribution in [-0.2, 0) is 27.9 Å². The maximum atomic E-state index is 13.5. The van der Waals surface area contributed by atoms with Gasteiger partial charge in [0.15, 0.2) is 0 Å². The van der Waals surface area contributed by atoms with E-state index in [1.54, 1.807) is 0 Å². The van der Waals surface area contributed by atoms with Crippen LogP contribution in [0.2, 0.25) is 0 Å². The van der Waals surface area contributed by atoms with Gasteiger partial charge in [-0.3, -0.25) is 14.2 Å². The summed E-state index contributed by atoms with van der Waals surface area (Å²) < 4.78 is 30.3. The Morgan fingerprint density at radius 1 is 0.467 bits per heavy atom. The molecule has 3 unspecified atom stereocenters. The van der Waals surface area contributed by atoms with Crippen molar-refractivity contribution in [1.82, 2.24) is 5.32 Å². The highest BCUT2D eigenvalue weighted by atomic mass is 31.2. The van der Waals surface area contributed by atoms with Crippen molar-refractivity contribution in [2.45, 2.75) is 315 Å². The van der Waals surface area contributed by atoms with Gasteiger partial charge in [0.1, 0.15) is 19.3 Å². The molecule has 0 aliphatic heterocycles. The molecule has 0 aromatic carbocycles. The van der Waals surface area contributed by atoms with Crippen LogP contribution in [0.3, 0.4) is 0 Å². The van der Waals surface area contributed by atoms with E-state index in [1.165, 1.54) is 199 Å². The van der Waals surface area contributed by atoms with E-state index in [1.807, 2.05) is 33.3 Å². The Labute approximate surface area is 465 Å². The number of nitrogens with one attached hydrogen (secondary N) is 1. The Balaban J connectivity index is 5.08. The molecule has 440 valence electrons. The van der Waals surface area contributed by atoms with Crippen molar-refractivity contribution in [3.05, 3.63) is 48.6 Å². The number of unbranched alkanes of at least 4 members (excludes halogenated alkanes) is 36. The van der Waals surface area contributed by atoms with E-state index in [0.29, 0.717) is 17.4 Å². The van der Waals surface area contributed by atoms with E-state index in [2.05, 4.69) is 62.5 Å². The van der Waals surface area contributed by atoms with Gasteiger partial charge in [-0.1, -0.05) is 269 Å². The van der Waals surface area contributed by atoms with Gasteiger partial charge < -0.3 is 28.5 Å². The topological polar surface area (TPSA) is 114 Å². The van der Waals surface area contributed by atoms with E-state index in [9.17, 15) is 19.0 Å². The quantitative estimate of drug-likeness (QED) is 0.0212. The Bertz CT molecular complexity index is 1420. The molecule has 0 heterocycles. The summed E-state index contributed by atoms with van der Waals surface area (Å²) in [5.74, 6) is -0.533. The van der Waals surface area contributed by atoms with Crippen LogP contribution in [0.15, 0.2) is 48.6 Å². The zero-order valence-electron chi connectivity index (χ0n) is 50.3. The minimum absolute atomic E-state index is 0.0209. The molecule has 0 aromatic heterocycles. The minimum Gasteiger partial charge on any atom is -0.756 e. The normalized spacial score (nSPS) is 14.0. The van der Waals surface area contributed by atoms with Crippen molar-refractivity contribution in [2.24, 2.45) is 0 Å². The molecule has 0 saturated heterocycles. The van der Waals surface area contributed by atoms with Crippen LogP contribution >= 0.6 is 7.82 Å². The van der Waals surface area contributed by atoms with Gasteiger partial charge in [0.2, 0.25) is 5.91 Å². The Morgan fingerprint density at radius 3 is 1.24 bits per heavy atom. The third-order valence-electron chi connectivity index (χ3n) is 14.3. The SMILES string of the molecule is CCCCC/C=C\C/C=C\C/C=C\CCCCCCCCCCCCCCC(=O)OC(/C=C\CCCCCCCCCCCCC)C(COP(=O)([O-])OCC[N+](C)(C)C)NC(=O)CCCCCCCCCCCCC. The highest BCUT2D eigenvalue weighted by Crippen LogP contribution is 2.38. The second kappa shape index (κ2) is 55.3. The number of allylic oxidation sites excluding steroid dienone is 7. The molecule has 3 atom stereocenters. The van der Waals surface area contributed by atoms with Crippen LogP contribution in [0, 0.1) is 0 Å². The van der Waals surface area contributed by atoms with E-state index < -0.39 is 20.0 Å². The van der Waals surface area contributed by atoms with Gasteiger partial charge in [0.25, 0.3) is 7.82 Å². The largest absolute Gasteiger partial charge is 0.756 e. The first-order valence-corrected chi connectivity index (χ1v) is 33.4. The van der Waals surface area contributed by atoms with Crippen molar-refractivity contribution in [3.8, 4) is 0 Å². The summed E-state index contributed by atoms with van der Waals surface area (Å²) in [4.78, 5) is 39.9. The fourth-order valence-corrected chi connectivity index (χ4v) is 10.0. The molecule has 0 spiro atoms. The summed E-state index contributed by atoms with van der Waals surface area (Å²) in [7, 11) is 1.19. The third kappa shape index (κ3) is 56.5. The number of phosphoric acid groups is 1. The molecule has 0 saturated carbocycles.